The van der Waals surface area contributed by atoms with Crippen molar-refractivity contribution in [1.29, 1.82) is 0 Å². The molecule has 1 aromatic heterocycles. The van der Waals surface area contributed by atoms with Crippen molar-refractivity contribution in [2.24, 2.45) is 0 Å². The third-order valence-electron chi connectivity index (χ3n) is 3.06. The molecule has 0 bridgehead atoms. The molecule has 0 spiro atoms. The molecule has 1 heterocycles. The molecular weight excluding hydrogens is 307 g/mol. The van der Waals surface area contributed by atoms with Crippen molar-refractivity contribution in [2.45, 2.75) is 6.54 Å². The summed E-state index contributed by atoms with van der Waals surface area (Å²) in [4.78, 5) is 8.46. The Morgan fingerprint density at radius 1 is 1.00 bits per heavy atom. The van der Waals surface area contributed by atoms with E-state index in [9.17, 15) is 0 Å². The van der Waals surface area contributed by atoms with Gasteiger partial charge >= 0.3 is 0 Å². The zero-order valence-corrected chi connectivity index (χ0v) is 12.5. The Labute approximate surface area is 131 Å². The van der Waals surface area contributed by atoms with E-state index in [1.165, 1.54) is 0 Å². The maximum absolute atomic E-state index is 6.01. The number of benzene rings is 2. The Morgan fingerprint density at radius 2 is 1.81 bits per heavy atom. The second-order valence-electron chi connectivity index (χ2n) is 4.55. The van der Waals surface area contributed by atoms with Crippen LogP contribution in [0.4, 0.5) is 11.8 Å². The molecule has 0 unspecified atom stereocenters. The Morgan fingerprint density at radius 3 is 2.62 bits per heavy atom. The van der Waals surface area contributed by atoms with Crippen LogP contribution in [0.3, 0.4) is 0 Å². The molecule has 0 fully saturated rings. The van der Waals surface area contributed by atoms with Gasteiger partial charge in [-0.05, 0) is 29.8 Å². The number of nitrogens with two attached hydrogens (primary N) is 1. The average Bonchev–Trinajstić information content (AvgIpc) is 2.48. The number of rotatable bonds is 3. The molecule has 0 saturated carbocycles. The molecule has 0 saturated heterocycles. The van der Waals surface area contributed by atoms with Crippen molar-refractivity contribution in [3.63, 3.8) is 0 Å². The minimum atomic E-state index is 0.241. The van der Waals surface area contributed by atoms with Gasteiger partial charge in [0.2, 0.25) is 5.95 Å². The second-order valence-corrected chi connectivity index (χ2v) is 5.36. The molecule has 21 heavy (non-hydrogen) atoms. The maximum Gasteiger partial charge on any atom is 0.222 e. The van der Waals surface area contributed by atoms with Crippen LogP contribution in [0, 0.1) is 0 Å². The van der Waals surface area contributed by atoms with Gasteiger partial charge < -0.3 is 11.1 Å². The lowest BCUT2D eigenvalue weighted by Gasteiger charge is -2.10. The number of hydrogen-bond donors (Lipinski definition) is 2. The monoisotopic (exact) mass is 318 g/mol. The fourth-order valence-corrected chi connectivity index (χ4v) is 2.39. The van der Waals surface area contributed by atoms with Crippen LogP contribution in [0.1, 0.15) is 5.56 Å². The van der Waals surface area contributed by atoms with Crippen LogP contribution < -0.4 is 11.1 Å². The van der Waals surface area contributed by atoms with Gasteiger partial charge in [-0.3, -0.25) is 0 Å². The van der Waals surface area contributed by atoms with E-state index in [1.807, 2.05) is 36.4 Å². The molecule has 0 amide bonds. The highest BCUT2D eigenvalue weighted by molar-refractivity contribution is 6.42. The predicted molar refractivity (Wildman–Crippen MR) is 87.7 cm³/mol. The topological polar surface area (TPSA) is 63.8 Å². The first-order valence-electron chi connectivity index (χ1n) is 6.33. The lowest BCUT2D eigenvalue weighted by Crippen LogP contribution is -2.05. The molecule has 3 rings (SSSR count). The molecule has 2 aromatic carbocycles. The highest BCUT2D eigenvalue weighted by Gasteiger charge is 2.06. The highest BCUT2D eigenvalue weighted by Crippen LogP contribution is 2.24. The first-order valence-corrected chi connectivity index (χ1v) is 7.09. The van der Waals surface area contributed by atoms with Crippen molar-refractivity contribution in [3.05, 3.63) is 58.1 Å². The quantitative estimate of drug-likeness (QED) is 0.762. The van der Waals surface area contributed by atoms with E-state index < -0.39 is 0 Å². The zero-order chi connectivity index (χ0) is 14.8. The third kappa shape index (κ3) is 3.01. The fourth-order valence-electron chi connectivity index (χ4n) is 2.06. The van der Waals surface area contributed by atoms with Crippen LogP contribution in [0.5, 0.6) is 0 Å². The number of para-hydroxylation sites is 1. The van der Waals surface area contributed by atoms with Crippen LogP contribution in [0.25, 0.3) is 10.9 Å². The largest absolute Gasteiger partial charge is 0.368 e. The molecular formula is C15H12Cl2N4. The lowest BCUT2D eigenvalue weighted by atomic mass is 10.2. The van der Waals surface area contributed by atoms with Crippen LogP contribution in [0.2, 0.25) is 10.0 Å². The van der Waals surface area contributed by atoms with Crippen molar-refractivity contribution in [1.82, 2.24) is 9.97 Å². The number of nitrogens with zero attached hydrogens (tertiary/aromatic N) is 2. The molecule has 3 aromatic rings. The van der Waals surface area contributed by atoms with Crippen molar-refractivity contribution >= 4 is 45.9 Å². The predicted octanol–water partition coefficient (Wildman–Crippen LogP) is 4.13. The highest BCUT2D eigenvalue weighted by atomic mass is 35.5. The van der Waals surface area contributed by atoms with Gasteiger partial charge in [-0.1, -0.05) is 41.4 Å². The first-order chi connectivity index (χ1) is 10.1. The smallest absolute Gasteiger partial charge is 0.222 e. The van der Waals surface area contributed by atoms with E-state index in [4.69, 9.17) is 28.9 Å². The molecule has 6 heteroatoms. The average molecular weight is 319 g/mol. The van der Waals surface area contributed by atoms with Gasteiger partial charge in [-0.2, -0.15) is 4.98 Å². The maximum atomic E-state index is 6.01. The zero-order valence-electron chi connectivity index (χ0n) is 11.0. The van der Waals surface area contributed by atoms with E-state index in [0.29, 0.717) is 22.4 Å². The Bertz CT molecular complexity index is 805. The molecule has 0 aliphatic carbocycles. The standard InChI is InChI=1S/C15H12Cl2N4/c16-11-6-5-9(7-12(11)17)8-19-14-10-3-1-2-4-13(10)20-15(18)21-14/h1-7H,8H2,(H3,18,19,20,21). The normalized spacial score (nSPS) is 10.8. The SMILES string of the molecule is Nc1nc(NCc2ccc(Cl)c(Cl)c2)c2ccccc2n1. The van der Waals surface area contributed by atoms with Gasteiger partial charge in [0.25, 0.3) is 0 Å². The Balaban J connectivity index is 1.89. The van der Waals surface area contributed by atoms with Crippen molar-refractivity contribution in [2.75, 3.05) is 11.1 Å². The van der Waals surface area contributed by atoms with Gasteiger partial charge in [0.15, 0.2) is 0 Å². The van der Waals surface area contributed by atoms with Gasteiger partial charge in [-0.25, -0.2) is 4.98 Å². The number of nitrogen functional groups attached to an aromatic ring is 1. The lowest BCUT2D eigenvalue weighted by molar-refractivity contribution is 1.11. The van der Waals surface area contributed by atoms with Crippen LogP contribution in [-0.4, -0.2) is 9.97 Å². The van der Waals surface area contributed by atoms with Crippen LogP contribution >= 0.6 is 23.2 Å². The molecule has 4 nitrogen and oxygen atoms in total. The van der Waals surface area contributed by atoms with Crippen molar-refractivity contribution in [3.8, 4) is 0 Å². The summed E-state index contributed by atoms with van der Waals surface area (Å²) in [6.07, 6.45) is 0. The summed E-state index contributed by atoms with van der Waals surface area (Å²) in [5, 5.41) is 5.25. The minimum absolute atomic E-state index is 0.241. The van der Waals surface area contributed by atoms with Gasteiger partial charge in [0.1, 0.15) is 5.82 Å². The van der Waals surface area contributed by atoms with E-state index in [1.54, 1.807) is 6.07 Å². The fraction of sp³-hybridized carbons (Fsp3) is 0.0667. The molecule has 0 atom stereocenters. The van der Waals surface area contributed by atoms with Crippen molar-refractivity contribution < 1.29 is 0 Å². The molecule has 106 valence electrons. The number of fused-ring (bicyclic) bond motifs is 1. The summed E-state index contributed by atoms with van der Waals surface area (Å²) in [6.45, 7) is 0.567. The van der Waals surface area contributed by atoms with Crippen LogP contribution in [0.15, 0.2) is 42.5 Å². The van der Waals surface area contributed by atoms with Gasteiger partial charge in [-0.15, -0.1) is 0 Å². The van der Waals surface area contributed by atoms with Gasteiger partial charge in [0.05, 0.1) is 15.6 Å². The Kier molecular flexibility index (Phi) is 3.82. The number of nitrogens with one attached hydrogen (secondary N) is 1. The summed E-state index contributed by atoms with van der Waals surface area (Å²) in [5.74, 6) is 0.939. The molecule has 0 radical (unpaired) electrons. The summed E-state index contributed by atoms with van der Waals surface area (Å²) in [6, 6.07) is 13.2. The van der Waals surface area contributed by atoms with E-state index in [2.05, 4.69) is 15.3 Å². The second kappa shape index (κ2) is 5.76. The number of aromatic nitrogens is 2. The van der Waals surface area contributed by atoms with E-state index >= 15 is 0 Å². The summed E-state index contributed by atoms with van der Waals surface area (Å²) in [5.41, 5.74) is 7.55. The minimum Gasteiger partial charge on any atom is -0.368 e. The Hall–Kier alpha value is -2.04. The number of halogens is 2. The number of anilines is 2. The molecule has 0 aliphatic rings. The summed E-state index contributed by atoms with van der Waals surface area (Å²) in [7, 11) is 0. The summed E-state index contributed by atoms with van der Waals surface area (Å²) < 4.78 is 0. The molecule has 3 N–H and O–H groups in total. The summed E-state index contributed by atoms with van der Waals surface area (Å²) >= 11 is 11.9. The first kappa shape index (κ1) is 13.9. The molecule has 0 aliphatic heterocycles. The van der Waals surface area contributed by atoms with Crippen LogP contribution in [-0.2, 0) is 6.54 Å². The van der Waals surface area contributed by atoms with Gasteiger partial charge in [0, 0.05) is 11.9 Å². The number of hydrogen-bond acceptors (Lipinski definition) is 4. The van der Waals surface area contributed by atoms with E-state index in [-0.39, 0.29) is 5.95 Å². The third-order valence-corrected chi connectivity index (χ3v) is 3.80. The van der Waals surface area contributed by atoms with E-state index in [0.717, 1.165) is 16.5 Å².